The lowest BCUT2D eigenvalue weighted by Crippen LogP contribution is -2.44. The number of nitrogens with one attached hydrogen (secondary N) is 1. The summed E-state index contributed by atoms with van der Waals surface area (Å²) in [6.45, 7) is 8.62. The number of hydrogen-bond acceptors (Lipinski definition) is 3. The van der Waals surface area contributed by atoms with Crippen molar-refractivity contribution < 1.29 is 4.74 Å². The third kappa shape index (κ3) is 2.32. The maximum Gasteiger partial charge on any atom is 0.0954 e. The molecule has 19 heavy (non-hydrogen) atoms. The molecule has 0 saturated carbocycles. The number of rotatable bonds is 2. The molecule has 1 aromatic heterocycles. The molecule has 2 fully saturated rings. The molecular formula is C15H25N3O. The molecule has 4 heteroatoms. The molecule has 0 aromatic carbocycles. The summed E-state index contributed by atoms with van der Waals surface area (Å²) in [5, 5.41) is 3.46. The summed E-state index contributed by atoms with van der Waals surface area (Å²) >= 11 is 0. The fourth-order valence-electron chi connectivity index (χ4n) is 3.52. The van der Waals surface area contributed by atoms with Crippen LogP contribution < -0.4 is 5.32 Å². The van der Waals surface area contributed by atoms with Crippen LogP contribution in [0.5, 0.6) is 0 Å². The average Bonchev–Trinajstić information content (AvgIpc) is 2.91. The van der Waals surface area contributed by atoms with Gasteiger partial charge in [0.1, 0.15) is 0 Å². The lowest BCUT2D eigenvalue weighted by molar-refractivity contribution is 0.00647. The molecular weight excluding hydrogens is 238 g/mol. The van der Waals surface area contributed by atoms with Crippen molar-refractivity contribution in [2.45, 2.75) is 50.5 Å². The van der Waals surface area contributed by atoms with Crippen LogP contribution in [0.25, 0.3) is 0 Å². The molecule has 0 aliphatic carbocycles. The van der Waals surface area contributed by atoms with Gasteiger partial charge >= 0.3 is 0 Å². The summed E-state index contributed by atoms with van der Waals surface area (Å²) in [5.74, 6) is 0. The summed E-state index contributed by atoms with van der Waals surface area (Å²) in [6, 6.07) is 0. The van der Waals surface area contributed by atoms with E-state index >= 15 is 0 Å². The van der Waals surface area contributed by atoms with Gasteiger partial charge in [0.05, 0.1) is 18.5 Å². The first-order valence-electron chi connectivity index (χ1n) is 7.46. The molecule has 3 heterocycles. The number of nitrogens with zero attached hydrogens (tertiary/aromatic N) is 2. The van der Waals surface area contributed by atoms with Gasteiger partial charge in [-0.2, -0.15) is 0 Å². The van der Waals surface area contributed by atoms with Gasteiger partial charge in [0.2, 0.25) is 0 Å². The van der Waals surface area contributed by atoms with Gasteiger partial charge in [-0.1, -0.05) is 6.92 Å². The van der Waals surface area contributed by atoms with Gasteiger partial charge in [-0.3, -0.25) is 0 Å². The minimum atomic E-state index is 0.0813. The second kappa shape index (κ2) is 4.91. The van der Waals surface area contributed by atoms with Crippen LogP contribution in [0, 0.1) is 0 Å². The number of aromatic nitrogens is 2. The summed E-state index contributed by atoms with van der Waals surface area (Å²) in [6.07, 6.45) is 8.80. The van der Waals surface area contributed by atoms with E-state index in [0.717, 1.165) is 32.7 Å². The van der Waals surface area contributed by atoms with Crippen LogP contribution in [0.15, 0.2) is 12.5 Å². The van der Waals surface area contributed by atoms with Gasteiger partial charge in [0.25, 0.3) is 0 Å². The van der Waals surface area contributed by atoms with Gasteiger partial charge in [0.15, 0.2) is 0 Å². The van der Waals surface area contributed by atoms with Crippen molar-refractivity contribution in [3.63, 3.8) is 0 Å². The fourth-order valence-corrected chi connectivity index (χ4v) is 3.52. The number of piperidine rings is 1. The third-order valence-electron chi connectivity index (χ3n) is 4.96. The van der Waals surface area contributed by atoms with E-state index in [1.165, 1.54) is 25.0 Å². The Balaban J connectivity index is 1.93. The van der Waals surface area contributed by atoms with Crippen molar-refractivity contribution in [3.8, 4) is 0 Å². The largest absolute Gasteiger partial charge is 0.379 e. The van der Waals surface area contributed by atoms with Gasteiger partial charge in [0, 0.05) is 23.9 Å². The second-order valence-electron chi connectivity index (χ2n) is 6.61. The first-order valence-corrected chi connectivity index (χ1v) is 7.46. The van der Waals surface area contributed by atoms with Crippen molar-refractivity contribution in [1.29, 1.82) is 0 Å². The number of imidazole rings is 1. The van der Waals surface area contributed by atoms with E-state index in [2.05, 4.69) is 34.9 Å². The van der Waals surface area contributed by atoms with Gasteiger partial charge in [-0.25, -0.2) is 4.98 Å². The van der Waals surface area contributed by atoms with Gasteiger partial charge in [-0.15, -0.1) is 0 Å². The van der Waals surface area contributed by atoms with E-state index in [9.17, 15) is 0 Å². The zero-order valence-electron chi connectivity index (χ0n) is 12.1. The number of hydrogen-bond donors (Lipinski definition) is 1. The Hall–Kier alpha value is -0.870. The molecule has 0 radical (unpaired) electrons. The minimum Gasteiger partial charge on any atom is -0.379 e. The average molecular weight is 263 g/mol. The highest BCUT2D eigenvalue weighted by atomic mass is 16.5. The van der Waals surface area contributed by atoms with Crippen LogP contribution in [0.4, 0.5) is 0 Å². The fraction of sp³-hybridized carbons (Fsp3) is 0.800. The Morgan fingerprint density at radius 3 is 2.74 bits per heavy atom. The van der Waals surface area contributed by atoms with E-state index in [1.54, 1.807) is 0 Å². The molecule has 2 aliphatic heterocycles. The van der Waals surface area contributed by atoms with Crippen molar-refractivity contribution in [3.05, 3.63) is 18.2 Å². The highest BCUT2D eigenvalue weighted by Gasteiger charge is 2.37. The maximum absolute atomic E-state index is 5.72. The smallest absolute Gasteiger partial charge is 0.0954 e. The number of ether oxygens (including phenoxy) is 1. The highest BCUT2D eigenvalue weighted by Crippen LogP contribution is 2.37. The molecule has 2 aliphatic rings. The van der Waals surface area contributed by atoms with Crippen LogP contribution in [0.1, 0.15) is 45.2 Å². The molecule has 0 bridgehead atoms. The lowest BCUT2D eigenvalue weighted by Gasteiger charge is -2.41. The SMILES string of the molecule is CC1(c2cncn2C2(C)CCCOC2)CCNCC1. The van der Waals surface area contributed by atoms with Crippen molar-refractivity contribution in [2.24, 2.45) is 0 Å². The monoisotopic (exact) mass is 263 g/mol. The molecule has 106 valence electrons. The van der Waals surface area contributed by atoms with E-state index in [0.29, 0.717) is 0 Å². The van der Waals surface area contributed by atoms with Crippen LogP contribution in [-0.2, 0) is 15.7 Å². The summed E-state index contributed by atoms with van der Waals surface area (Å²) < 4.78 is 8.12. The van der Waals surface area contributed by atoms with Crippen LogP contribution in [-0.4, -0.2) is 35.9 Å². The first kappa shape index (κ1) is 13.1. The van der Waals surface area contributed by atoms with Crippen molar-refractivity contribution in [2.75, 3.05) is 26.3 Å². The Kier molecular flexibility index (Phi) is 3.39. The molecule has 1 N–H and O–H groups in total. The van der Waals surface area contributed by atoms with Crippen LogP contribution >= 0.6 is 0 Å². The molecule has 1 unspecified atom stereocenters. The van der Waals surface area contributed by atoms with Crippen LogP contribution in [0.2, 0.25) is 0 Å². The summed E-state index contributed by atoms with van der Waals surface area (Å²) in [7, 11) is 0. The van der Waals surface area contributed by atoms with Crippen LogP contribution in [0.3, 0.4) is 0 Å². The topological polar surface area (TPSA) is 39.1 Å². The zero-order valence-corrected chi connectivity index (χ0v) is 12.1. The second-order valence-corrected chi connectivity index (χ2v) is 6.61. The Morgan fingerprint density at radius 1 is 1.26 bits per heavy atom. The standard InChI is InChI=1S/C15H25N3O/c1-14(5-7-16-8-6-14)13-10-17-12-18(13)15(2)4-3-9-19-11-15/h10,12,16H,3-9,11H2,1-2H3. The quantitative estimate of drug-likeness (QED) is 0.887. The molecule has 3 rings (SSSR count). The van der Waals surface area contributed by atoms with Gasteiger partial charge in [-0.05, 0) is 45.7 Å². The van der Waals surface area contributed by atoms with E-state index < -0.39 is 0 Å². The predicted molar refractivity (Wildman–Crippen MR) is 75.4 cm³/mol. The molecule has 1 atom stereocenters. The zero-order chi connectivity index (χ0) is 13.3. The Morgan fingerprint density at radius 2 is 2.05 bits per heavy atom. The lowest BCUT2D eigenvalue weighted by atomic mass is 9.77. The molecule has 1 aromatic rings. The van der Waals surface area contributed by atoms with Crippen molar-refractivity contribution in [1.82, 2.24) is 14.9 Å². The maximum atomic E-state index is 5.72. The van der Waals surface area contributed by atoms with E-state index in [-0.39, 0.29) is 11.0 Å². The van der Waals surface area contributed by atoms with E-state index in [4.69, 9.17) is 4.74 Å². The highest BCUT2D eigenvalue weighted by molar-refractivity contribution is 5.18. The van der Waals surface area contributed by atoms with Crippen molar-refractivity contribution >= 4 is 0 Å². The Bertz CT molecular complexity index is 390. The third-order valence-corrected chi connectivity index (χ3v) is 4.96. The molecule has 4 nitrogen and oxygen atoms in total. The molecule has 0 spiro atoms. The molecule has 0 amide bonds. The normalized spacial score (nSPS) is 31.3. The molecule has 2 saturated heterocycles. The predicted octanol–water partition coefficient (Wildman–Crippen LogP) is 2.05. The summed E-state index contributed by atoms with van der Waals surface area (Å²) in [5.41, 5.74) is 1.72. The van der Waals surface area contributed by atoms with Gasteiger partial charge < -0.3 is 14.6 Å². The first-order chi connectivity index (χ1) is 9.14. The van der Waals surface area contributed by atoms with E-state index in [1.807, 2.05) is 6.33 Å². The summed E-state index contributed by atoms with van der Waals surface area (Å²) in [4.78, 5) is 4.45. The minimum absolute atomic E-state index is 0.0813. The Labute approximate surface area is 115 Å².